The molecule has 0 aliphatic heterocycles. The fourth-order valence-electron chi connectivity index (χ4n) is 1.88. The molecule has 0 heterocycles. The summed E-state index contributed by atoms with van der Waals surface area (Å²) in [4.78, 5) is 22.0. The predicted octanol–water partition coefficient (Wildman–Crippen LogP) is 0.449. The molecule has 0 amide bonds. The zero-order valence-corrected chi connectivity index (χ0v) is 12.2. The van der Waals surface area contributed by atoms with Crippen LogP contribution in [-0.2, 0) is 14.3 Å². The molecule has 7 heteroatoms. The number of hydrogen-bond donors (Lipinski definition) is 4. The number of ether oxygens (including phenoxy) is 1. The highest BCUT2D eigenvalue weighted by Gasteiger charge is 2.22. The van der Waals surface area contributed by atoms with E-state index in [4.69, 9.17) is 20.1 Å². The van der Waals surface area contributed by atoms with Gasteiger partial charge in [-0.05, 0) is 38.5 Å². The first-order valence-electron chi connectivity index (χ1n) is 7.32. The van der Waals surface area contributed by atoms with Gasteiger partial charge in [0.25, 0.3) is 0 Å². The van der Waals surface area contributed by atoms with E-state index in [2.05, 4.69) is 0 Å². The lowest BCUT2D eigenvalue weighted by Gasteiger charge is -2.23. The standard InChI is InChI=1S/C14H26O7/c15-9-3-5-11(17)12(6-4-10-16)21-14(20)8-2-1-7-13(18)19/h11-12,15-17H,1-10H2,(H,18,19). The molecule has 7 nitrogen and oxygen atoms in total. The van der Waals surface area contributed by atoms with Gasteiger partial charge in [-0.25, -0.2) is 0 Å². The summed E-state index contributed by atoms with van der Waals surface area (Å²) in [5.41, 5.74) is 0. The Kier molecular flexibility index (Phi) is 11.8. The molecule has 0 aromatic heterocycles. The molecule has 0 aromatic carbocycles. The van der Waals surface area contributed by atoms with E-state index in [1.54, 1.807) is 0 Å². The van der Waals surface area contributed by atoms with Gasteiger partial charge in [0, 0.05) is 26.1 Å². The molecule has 0 aliphatic rings. The molecule has 2 atom stereocenters. The van der Waals surface area contributed by atoms with Gasteiger partial charge in [-0.15, -0.1) is 0 Å². The maximum atomic E-state index is 11.6. The van der Waals surface area contributed by atoms with Crippen molar-refractivity contribution in [3.05, 3.63) is 0 Å². The van der Waals surface area contributed by atoms with Gasteiger partial charge in [0.1, 0.15) is 6.10 Å². The average Bonchev–Trinajstić information content (AvgIpc) is 2.45. The van der Waals surface area contributed by atoms with Gasteiger partial charge in [-0.3, -0.25) is 9.59 Å². The average molecular weight is 306 g/mol. The van der Waals surface area contributed by atoms with Gasteiger partial charge in [-0.2, -0.15) is 0 Å². The van der Waals surface area contributed by atoms with Crippen molar-refractivity contribution in [3.63, 3.8) is 0 Å². The summed E-state index contributed by atoms with van der Waals surface area (Å²) < 4.78 is 5.19. The van der Waals surface area contributed by atoms with E-state index in [-0.39, 0.29) is 26.1 Å². The quantitative estimate of drug-likeness (QED) is 0.287. The SMILES string of the molecule is O=C(O)CCCCC(=O)OC(CCCO)C(O)CCCO. The van der Waals surface area contributed by atoms with Crippen molar-refractivity contribution in [1.29, 1.82) is 0 Å². The number of rotatable bonds is 13. The van der Waals surface area contributed by atoms with Crippen LogP contribution in [0.1, 0.15) is 51.4 Å². The maximum absolute atomic E-state index is 11.6. The number of esters is 1. The first-order chi connectivity index (χ1) is 10.0. The second-order valence-corrected chi connectivity index (χ2v) is 4.93. The third kappa shape index (κ3) is 11.2. The lowest BCUT2D eigenvalue weighted by molar-refractivity contribution is -0.156. The smallest absolute Gasteiger partial charge is 0.306 e. The Morgan fingerprint density at radius 1 is 0.905 bits per heavy atom. The molecule has 0 bridgehead atoms. The minimum atomic E-state index is -0.899. The zero-order chi connectivity index (χ0) is 16.1. The summed E-state index contributed by atoms with van der Waals surface area (Å²) in [5, 5.41) is 35.9. The topological polar surface area (TPSA) is 124 Å². The van der Waals surface area contributed by atoms with Crippen molar-refractivity contribution in [3.8, 4) is 0 Å². The summed E-state index contributed by atoms with van der Waals surface area (Å²) in [5.74, 6) is -1.38. The van der Waals surface area contributed by atoms with Gasteiger partial charge in [0.2, 0.25) is 0 Å². The summed E-state index contributed by atoms with van der Waals surface area (Å²) in [6.07, 6.45) is 0.866. The molecule has 0 rings (SSSR count). The second-order valence-electron chi connectivity index (χ2n) is 4.93. The minimum absolute atomic E-state index is 0.0142. The molecule has 4 N–H and O–H groups in total. The molecule has 0 spiro atoms. The van der Waals surface area contributed by atoms with Crippen molar-refractivity contribution >= 4 is 11.9 Å². The number of carbonyl (C=O) groups excluding carboxylic acids is 1. The number of unbranched alkanes of at least 4 members (excludes halogenated alkanes) is 1. The van der Waals surface area contributed by atoms with Crippen LogP contribution < -0.4 is 0 Å². The fraction of sp³-hybridized carbons (Fsp3) is 0.857. The minimum Gasteiger partial charge on any atom is -0.481 e. The van der Waals surface area contributed by atoms with Crippen LogP contribution >= 0.6 is 0 Å². The van der Waals surface area contributed by atoms with Crippen molar-refractivity contribution in [1.82, 2.24) is 0 Å². The zero-order valence-electron chi connectivity index (χ0n) is 12.2. The number of hydrogen-bond acceptors (Lipinski definition) is 6. The van der Waals surface area contributed by atoms with Crippen LogP contribution in [0.15, 0.2) is 0 Å². The summed E-state index contributed by atoms with van der Waals surface area (Å²) >= 11 is 0. The number of aliphatic hydroxyl groups excluding tert-OH is 3. The van der Waals surface area contributed by atoms with Crippen LogP contribution in [0.2, 0.25) is 0 Å². The molecule has 0 aliphatic carbocycles. The highest BCUT2D eigenvalue weighted by Crippen LogP contribution is 2.14. The number of carboxylic acid groups (broad SMARTS) is 1. The summed E-state index contributed by atoms with van der Waals surface area (Å²) in [6, 6.07) is 0. The fourth-order valence-corrected chi connectivity index (χ4v) is 1.88. The molecule has 0 aromatic rings. The van der Waals surface area contributed by atoms with Gasteiger partial charge in [-0.1, -0.05) is 0 Å². The second kappa shape index (κ2) is 12.6. The molecular weight excluding hydrogens is 280 g/mol. The van der Waals surface area contributed by atoms with Crippen LogP contribution in [0.3, 0.4) is 0 Å². The number of aliphatic hydroxyl groups is 3. The van der Waals surface area contributed by atoms with Crippen molar-refractivity contribution in [2.75, 3.05) is 13.2 Å². The summed E-state index contributed by atoms with van der Waals surface area (Å²) in [6.45, 7) is -0.105. The monoisotopic (exact) mass is 306 g/mol. The molecule has 124 valence electrons. The van der Waals surface area contributed by atoms with Crippen LogP contribution in [0.25, 0.3) is 0 Å². The largest absolute Gasteiger partial charge is 0.481 e. The maximum Gasteiger partial charge on any atom is 0.306 e. The predicted molar refractivity (Wildman–Crippen MR) is 74.6 cm³/mol. The Hall–Kier alpha value is -1.18. The molecule has 21 heavy (non-hydrogen) atoms. The molecule has 0 saturated heterocycles. The van der Waals surface area contributed by atoms with Crippen LogP contribution in [-0.4, -0.2) is 57.8 Å². The lowest BCUT2D eigenvalue weighted by Crippen LogP contribution is -2.32. The highest BCUT2D eigenvalue weighted by atomic mass is 16.6. The van der Waals surface area contributed by atoms with Gasteiger partial charge < -0.3 is 25.2 Å². The van der Waals surface area contributed by atoms with E-state index in [1.807, 2.05) is 0 Å². The van der Waals surface area contributed by atoms with Gasteiger partial charge in [0.15, 0.2) is 0 Å². The normalized spacial score (nSPS) is 13.7. The number of carboxylic acids is 1. The van der Waals surface area contributed by atoms with Gasteiger partial charge in [0.05, 0.1) is 6.10 Å². The first-order valence-corrected chi connectivity index (χ1v) is 7.32. The Balaban J connectivity index is 4.11. The van der Waals surface area contributed by atoms with E-state index >= 15 is 0 Å². The Morgan fingerprint density at radius 3 is 2.05 bits per heavy atom. The van der Waals surface area contributed by atoms with Crippen molar-refractivity contribution in [2.45, 2.75) is 63.6 Å². The van der Waals surface area contributed by atoms with E-state index in [0.717, 1.165) is 0 Å². The lowest BCUT2D eigenvalue weighted by atomic mass is 10.0. The Morgan fingerprint density at radius 2 is 1.48 bits per heavy atom. The molecule has 0 fully saturated rings. The Labute approximate surface area is 124 Å². The van der Waals surface area contributed by atoms with E-state index < -0.39 is 24.1 Å². The Bertz CT molecular complexity index is 293. The third-order valence-electron chi connectivity index (χ3n) is 3.04. The molecular formula is C14H26O7. The molecule has 2 unspecified atom stereocenters. The highest BCUT2D eigenvalue weighted by molar-refractivity contribution is 5.70. The first kappa shape index (κ1) is 19.8. The molecule has 0 saturated carbocycles. The summed E-state index contributed by atoms with van der Waals surface area (Å²) in [7, 11) is 0. The van der Waals surface area contributed by atoms with E-state index in [1.165, 1.54) is 0 Å². The number of aliphatic carboxylic acids is 1. The van der Waals surface area contributed by atoms with Crippen LogP contribution in [0.5, 0.6) is 0 Å². The number of carbonyl (C=O) groups is 2. The van der Waals surface area contributed by atoms with E-state index in [9.17, 15) is 14.7 Å². The third-order valence-corrected chi connectivity index (χ3v) is 3.04. The van der Waals surface area contributed by atoms with Gasteiger partial charge >= 0.3 is 11.9 Å². The van der Waals surface area contributed by atoms with Crippen molar-refractivity contribution in [2.24, 2.45) is 0 Å². The van der Waals surface area contributed by atoms with Crippen molar-refractivity contribution < 1.29 is 34.8 Å². The van der Waals surface area contributed by atoms with E-state index in [0.29, 0.717) is 38.5 Å². The van der Waals surface area contributed by atoms with Crippen LogP contribution in [0, 0.1) is 0 Å². The van der Waals surface area contributed by atoms with Crippen LogP contribution in [0.4, 0.5) is 0 Å². The molecule has 0 radical (unpaired) electrons.